The Hall–Kier alpha value is -0.930. The largest absolute Gasteiger partial charge is 0.383 e. The van der Waals surface area contributed by atoms with Crippen molar-refractivity contribution < 1.29 is 9.13 Å². The van der Waals surface area contributed by atoms with Crippen LogP contribution in [0.1, 0.15) is 24.9 Å². The molecule has 0 spiro atoms. The molecule has 1 atom stereocenters. The van der Waals surface area contributed by atoms with Gasteiger partial charge in [-0.3, -0.25) is 0 Å². The Morgan fingerprint density at radius 2 is 2.27 bits per heavy atom. The molecule has 1 aromatic carbocycles. The lowest BCUT2D eigenvalue weighted by molar-refractivity contribution is 0.167. The second kappa shape index (κ2) is 6.53. The molecule has 1 rings (SSSR count). The monoisotopic (exact) mass is 211 g/mol. The van der Waals surface area contributed by atoms with Gasteiger partial charge in [0.05, 0.1) is 12.6 Å². The van der Waals surface area contributed by atoms with Gasteiger partial charge in [-0.15, -0.1) is 0 Å². The van der Waals surface area contributed by atoms with Crippen molar-refractivity contribution in [1.29, 1.82) is 0 Å². The highest BCUT2D eigenvalue weighted by Crippen LogP contribution is 2.14. The molecule has 0 aliphatic heterocycles. The highest BCUT2D eigenvalue weighted by atomic mass is 19.1. The van der Waals surface area contributed by atoms with Crippen LogP contribution in [0, 0.1) is 5.82 Å². The lowest BCUT2D eigenvalue weighted by Gasteiger charge is -2.17. The third-order valence-electron chi connectivity index (χ3n) is 2.23. The summed E-state index contributed by atoms with van der Waals surface area (Å²) in [5.41, 5.74) is 0.935. The van der Waals surface area contributed by atoms with E-state index in [0.29, 0.717) is 6.61 Å². The first-order valence-electron chi connectivity index (χ1n) is 5.25. The zero-order valence-electron chi connectivity index (χ0n) is 9.29. The summed E-state index contributed by atoms with van der Waals surface area (Å²) in [5.74, 6) is -0.202. The number of hydrogen-bond acceptors (Lipinski definition) is 2. The Morgan fingerprint density at radius 1 is 1.47 bits per heavy atom. The molecule has 0 bridgehead atoms. The average molecular weight is 211 g/mol. The van der Waals surface area contributed by atoms with E-state index in [1.165, 1.54) is 6.07 Å². The van der Waals surface area contributed by atoms with Crippen LogP contribution in [0.5, 0.6) is 0 Å². The van der Waals surface area contributed by atoms with Gasteiger partial charge in [-0.1, -0.05) is 19.1 Å². The molecule has 0 saturated heterocycles. The maximum Gasteiger partial charge on any atom is 0.123 e. The fourth-order valence-corrected chi connectivity index (χ4v) is 1.48. The second-order valence-corrected chi connectivity index (χ2v) is 3.52. The molecule has 0 radical (unpaired) electrons. The van der Waals surface area contributed by atoms with Gasteiger partial charge in [0.15, 0.2) is 0 Å². The van der Waals surface area contributed by atoms with Crippen LogP contribution < -0.4 is 5.32 Å². The minimum absolute atomic E-state index is 0.0747. The topological polar surface area (TPSA) is 21.3 Å². The number of methoxy groups -OCH3 is 1. The van der Waals surface area contributed by atoms with E-state index >= 15 is 0 Å². The molecular formula is C12H18FNO. The second-order valence-electron chi connectivity index (χ2n) is 3.52. The third kappa shape index (κ3) is 3.98. The smallest absolute Gasteiger partial charge is 0.123 e. The third-order valence-corrected chi connectivity index (χ3v) is 2.23. The summed E-state index contributed by atoms with van der Waals surface area (Å²) in [6.07, 6.45) is 1.05. The van der Waals surface area contributed by atoms with Crippen molar-refractivity contribution in [2.75, 3.05) is 20.3 Å². The van der Waals surface area contributed by atoms with Gasteiger partial charge >= 0.3 is 0 Å². The van der Waals surface area contributed by atoms with Crippen molar-refractivity contribution in [2.24, 2.45) is 0 Å². The van der Waals surface area contributed by atoms with Gasteiger partial charge in [0.2, 0.25) is 0 Å². The molecule has 0 fully saturated rings. The summed E-state index contributed by atoms with van der Waals surface area (Å²) in [7, 11) is 1.65. The molecule has 2 nitrogen and oxygen atoms in total. The predicted octanol–water partition coefficient (Wildman–Crippen LogP) is 2.51. The molecule has 0 aliphatic rings. The van der Waals surface area contributed by atoms with Crippen LogP contribution >= 0.6 is 0 Å². The maximum absolute atomic E-state index is 13.0. The van der Waals surface area contributed by atoms with Gasteiger partial charge in [0, 0.05) is 7.11 Å². The predicted molar refractivity (Wildman–Crippen MR) is 59.3 cm³/mol. The molecule has 84 valence electrons. The fourth-order valence-electron chi connectivity index (χ4n) is 1.48. The molecule has 1 aromatic rings. The Labute approximate surface area is 90.4 Å². The number of rotatable bonds is 6. The van der Waals surface area contributed by atoms with Gasteiger partial charge < -0.3 is 10.1 Å². The molecule has 0 aromatic heterocycles. The number of nitrogens with one attached hydrogen (secondary N) is 1. The highest BCUT2D eigenvalue weighted by molar-refractivity contribution is 5.20. The van der Waals surface area contributed by atoms with Crippen LogP contribution in [0.3, 0.4) is 0 Å². The van der Waals surface area contributed by atoms with Crippen LogP contribution in [0.4, 0.5) is 4.39 Å². The fraction of sp³-hybridized carbons (Fsp3) is 0.500. The number of hydrogen-bond donors (Lipinski definition) is 1. The van der Waals surface area contributed by atoms with Gasteiger partial charge in [-0.25, -0.2) is 4.39 Å². The zero-order valence-corrected chi connectivity index (χ0v) is 9.29. The van der Waals surface area contributed by atoms with E-state index in [1.807, 2.05) is 6.07 Å². The summed E-state index contributed by atoms with van der Waals surface area (Å²) in [6, 6.07) is 6.71. The average Bonchev–Trinajstić information content (AvgIpc) is 2.24. The SMILES string of the molecule is CCCNC(COC)c1cccc(F)c1. The van der Waals surface area contributed by atoms with Crippen molar-refractivity contribution in [3.8, 4) is 0 Å². The van der Waals surface area contributed by atoms with E-state index in [1.54, 1.807) is 19.2 Å². The Balaban J connectivity index is 2.69. The molecule has 15 heavy (non-hydrogen) atoms. The molecule has 0 saturated carbocycles. The first-order chi connectivity index (χ1) is 7.27. The lowest BCUT2D eigenvalue weighted by atomic mass is 10.1. The standard InChI is InChI=1S/C12H18FNO/c1-3-7-14-12(9-15-2)10-5-4-6-11(13)8-10/h4-6,8,12,14H,3,7,9H2,1-2H3. The van der Waals surface area contributed by atoms with E-state index in [2.05, 4.69) is 12.2 Å². The zero-order chi connectivity index (χ0) is 11.1. The van der Waals surface area contributed by atoms with Crippen molar-refractivity contribution in [3.63, 3.8) is 0 Å². The van der Waals surface area contributed by atoms with Crippen LogP contribution in [-0.2, 0) is 4.74 Å². The minimum Gasteiger partial charge on any atom is -0.383 e. The van der Waals surface area contributed by atoms with Crippen molar-refractivity contribution >= 4 is 0 Å². The van der Waals surface area contributed by atoms with Crippen LogP contribution in [0.15, 0.2) is 24.3 Å². The minimum atomic E-state index is -0.202. The van der Waals surface area contributed by atoms with Gasteiger partial charge in [0.1, 0.15) is 5.82 Å². The number of halogens is 1. The molecule has 1 unspecified atom stereocenters. The molecule has 0 amide bonds. The number of ether oxygens (including phenoxy) is 1. The summed E-state index contributed by atoms with van der Waals surface area (Å²) in [5, 5.41) is 3.32. The van der Waals surface area contributed by atoms with E-state index < -0.39 is 0 Å². The lowest BCUT2D eigenvalue weighted by Crippen LogP contribution is -2.25. The normalized spacial score (nSPS) is 12.7. The van der Waals surface area contributed by atoms with Crippen molar-refractivity contribution in [3.05, 3.63) is 35.6 Å². The summed E-state index contributed by atoms with van der Waals surface area (Å²) in [6.45, 7) is 3.57. The van der Waals surface area contributed by atoms with E-state index in [-0.39, 0.29) is 11.9 Å². The molecule has 3 heteroatoms. The van der Waals surface area contributed by atoms with Gasteiger partial charge in [0.25, 0.3) is 0 Å². The quantitative estimate of drug-likeness (QED) is 0.780. The molecule has 0 aliphatic carbocycles. The van der Waals surface area contributed by atoms with E-state index in [4.69, 9.17) is 4.74 Å². The van der Waals surface area contributed by atoms with Crippen LogP contribution in [0.25, 0.3) is 0 Å². The van der Waals surface area contributed by atoms with Crippen LogP contribution in [0.2, 0.25) is 0 Å². The first kappa shape index (κ1) is 12.1. The van der Waals surface area contributed by atoms with Crippen LogP contribution in [-0.4, -0.2) is 20.3 Å². The highest BCUT2D eigenvalue weighted by Gasteiger charge is 2.10. The molecule has 0 heterocycles. The number of benzene rings is 1. The van der Waals surface area contributed by atoms with E-state index in [9.17, 15) is 4.39 Å². The Bertz CT molecular complexity index is 291. The summed E-state index contributed by atoms with van der Waals surface area (Å²) < 4.78 is 18.1. The van der Waals surface area contributed by atoms with Crippen molar-refractivity contribution in [2.45, 2.75) is 19.4 Å². The molecule has 1 N–H and O–H groups in total. The first-order valence-corrected chi connectivity index (χ1v) is 5.25. The Kier molecular flexibility index (Phi) is 5.29. The van der Waals surface area contributed by atoms with E-state index in [0.717, 1.165) is 18.5 Å². The summed E-state index contributed by atoms with van der Waals surface area (Å²) >= 11 is 0. The van der Waals surface area contributed by atoms with Crippen molar-refractivity contribution in [1.82, 2.24) is 5.32 Å². The summed E-state index contributed by atoms with van der Waals surface area (Å²) in [4.78, 5) is 0. The van der Waals surface area contributed by atoms with Gasteiger partial charge in [-0.2, -0.15) is 0 Å². The maximum atomic E-state index is 13.0. The molecular weight excluding hydrogens is 193 g/mol. The van der Waals surface area contributed by atoms with Gasteiger partial charge in [-0.05, 0) is 30.7 Å². The Morgan fingerprint density at radius 3 is 2.87 bits per heavy atom.